The number of nitrogens with zero attached hydrogens (tertiary/aromatic N) is 2. The SMILES string of the molecule is CCC[C@H]([C@H](CC)CN(C)C)N(C)C. The summed E-state index contributed by atoms with van der Waals surface area (Å²) in [6.45, 7) is 5.79. The molecule has 2 nitrogen and oxygen atoms in total. The van der Waals surface area contributed by atoms with E-state index in [1.807, 2.05) is 0 Å². The molecule has 0 saturated carbocycles. The van der Waals surface area contributed by atoms with Crippen LogP contribution in [0.3, 0.4) is 0 Å². The second-order valence-electron chi connectivity index (χ2n) is 4.75. The van der Waals surface area contributed by atoms with Gasteiger partial charge in [0.25, 0.3) is 0 Å². The molecule has 0 fully saturated rings. The van der Waals surface area contributed by atoms with Gasteiger partial charge in [0.1, 0.15) is 0 Å². The van der Waals surface area contributed by atoms with Crippen LogP contribution in [-0.2, 0) is 0 Å². The van der Waals surface area contributed by atoms with E-state index >= 15 is 0 Å². The molecule has 0 spiro atoms. The summed E-state index contributed by atoms with van der Waals surface area (Å²) in [4.78, 5) is 4.70. The zero-order chi connectivity index (χ0) is 11.1. The normalized spacial score (nSPS) is 16.3. The van der Waals surface area contributed by atoms with E-state index in [1.54, 1.807) is 0 Å². The molecule has 0 heterocycles. The second-order valence-corrected chi connectivity index (χ2v) is 4.75. The maximum absolute atomic E-state index is 2.39. The van der Waals surface area contributed by atoms with Gasteiger partial charge in [0.2, 0.25) is 0 Å². The molecule has 0 aromatic heterocycles. The smallest absolute Gasteiger partial charge is 0.0129 e. The fourth-order valence-corrected chi connectivity index (χ4v) is 2.20. The summed E-state index contributed by atoms with van der Waals surface area (Å²) in [5.74, 6) is 0.806. The first-order valence-corrected chi connectivity index (χ1v) is 5.84. The molecule has 0 aliphatic rings. The van der Waals surface area contributed by atoms with Crippen LogP contribution in [-0.4, -0.2) is 50.6 Å². The van der Waals surface area contributed by atoms with Gasteiger partial charge < -0.3 is 9.80 Å². The average molecular weight is 200 g/mol. The van der Waals surface area contributed by atoms with Gasteiger partial charge >= 0.3 is 0 Å². The first-order chi connectivity index (χ1) is 6.52. The lowest BCUT2D eigenvalue weighted by Gasteiger charge is -2.33. The molecule has 0 bridgehead atoms. The van der Waals surface area contributed by atoms with E-state index in [0.717, 1.165) is 12.0 Å². The summed E-state index contributed by atoms with van der Waals surface area (Å²) in [5.41, 5.74) is 0. The predicted octanol–water partition coefficient (Wildman–Crippen LogP) is 2.30. The second kappa shape index (κ2) is 7.24. The molecule has 0 amide bonds. The number of hydrogen-bond acceptors (Lipinski definition) is 2. The van der Waals surface area contributed by atoms with E-state index in [0.29, 0.717) is 0 Å². The van der Waals surface area contributed by atoms with Crippen molar-refractivity contribution in [3.8, 4) is 0 Å². The lowest BCUT2D eigenvalue weighted by Crippen LogP contribution is -2.39. The van der Waals surface area contributed by atoms with Crippen LogP contribution in [0.1, 0.15) is 33.1 Å². The highest BCUT2D eigenvalue weighted by molar-refractivity contribution is 4.76. The Morgan fingerprint density at radius 2 is 1.57 bits per heavy atom. The minimum atomic E-state index is 0.743. The lowest BCUT2D eigenvalue weighted by atomic mass is 9.92. The van der Waals surface area contributed by atoms with Gasteiger partial charge in [-0.1, -0.05) is 26.7 Å². The Kier molecular flexibility index (Phi) is 7.20. The first-order valence-electron chi connectivity index (χ1n) is 5.84. The van der Waals surface area contributed by atoms with E-state index in [2.05, 4.69) is 51.8 Å². The molecule has 0 N–H and O–H groups in total. The Morgan fingerprint density at radius 3 is 1.86 bits per heavy atom. The van der Waals surface area contributed by atoms with Gasteiger partial charge in [0.05, 0.1) is 0 Å². The van der Waals surface area contributed by atoms with E-state index in [1.165, 1.54) is 25.8 Å². The fourth-order valence-electron chi connectivity index (χ4n) is 2.20. The standard InChI is InChI=1S/C12H28N2/c1-7-9-12(14(5)6)11(8-2)10-13(3)4/h11-12H,7-10H2,1-6H3/t11-,12-/m1/s1. The monoisotopic (exact) mass is 200 g/mol. The summed E-state index contributed by atoms with van der Waals surface area (Å²) >= 11 is 0. The van der Waals surface area contributed by atoms with Crippen LogP contribution in [0.15, 0.2) is 0 Å². The lowest BCUT2D eigenvalue weighted by molar-refractivity contribution is 0.160. The van der Waals surface area contributed by atoms with Crippen molar-refractivity contribution in [1.82, 2.24) is 9.80 Å². The Hall–Kier alpha value is -0.0800. The molecule has 0 radical (unpaired) electrons. The van der Waals surface area contributed by atoms with Crippen LogP contribution in [0.2, 0.25) is 0 Å². The summed E-state index contributed by atoms with van der Waals surface area (Å²) < 4.78 is 0. The third-order valence-corrected chi connectivity index (χ3v) is 2.92. The quantitative estimate of drug-likeness (QED) is 0.622. The molecule has 0 aromatic carbocycles. The Morgan fingerprint density at radius 1 is 1.00 bits per heavy atom. The van der Waals surface area contributed by atoms with Gasteiger partial charge in [-0.2, -0.15) is 0 Å². The molecule has 0 aromatic rings. The van der Waals surface area contributed by atoms with Crippen molar-refractivity contribution in [3.05, 3.63) is 0 Å². The minimum absolute atomic E-state index is 0.743. The highest BCUT2D eigenvalue weighted by Crippen LogP contribution is 2.18. The molecule has 0 aliphatic carbocycles. The summed E-state index contributed by atoms with van der Waals surface area (Å²) in [7, 11) is 8.75. The van der Waals surface area contributed by atoms with Crippen LogP contribution in [0.5, 0.6) is 0 Å². The van der Waals surface area contributed by atoms with Crippen LogP contribution in [0, 0.1) is 5.92 Å². The summed E-state index contributed by atoms with van der Waals surface area (Å²) in [6, 6.07) is 0.743. The van der Waals surface area contributed by atoms with Gasteiger partial charge in [0, 0.05) is 12.6 Å². The third-order valence-electron chi connectivity index (χ3n) is 2.92. The molecular formula is C12H28N2. The molecule has 0 unspecified atom stereocenters. The van der Waals surface area contributed by atoms with Gasteiger partial charge in [0.15, 0.2) is 0 Å². The van der Waals surface area contributed by atoms with Crippen LogP contribution >= 0.6 is 0 Å². The molecule has 2 heteroatoms. The van der Waals surface area contributed by atoms with Gasteiger partial charge in [-0.05, 0) is 40.5 Å². The average Bonchev–Trinajstić information content (AvgIpc) is 2.10. The van der Waals surface area contributed by atoms with Crippen LogP contribution in [0.4, 0.5) is 0 Å². The van der Waals surface area contributed by atoms with Crippen molar-refractivity contribution in [2.45, 2.75) is 39.2 Å². The van der Waals surface area contributed by atoms with Crippen molar-refractivity contribution >= 4 is 0 Å². The largest absolute Gasteiger partial charge is 0.309 e. The maximum atomic E-state index is 2.39. The predicted molar refractivity (Wildman–Crippen MR) is 64.7 cm³/mol. The molecule has 86 valence electrons. The van der Waals surface area contributed by atoms with Crippen molar-refractivity contribution < 1.29 is 0 Å². The zero-order valence-electron chi connectivity index (χ0n) is 10.9. The highest BCUT2D eigenvalue weighted by atomic mass is 15.1. The molecule has 14 heavy (non-hydrogen) atoms. The Bertz CT molecular complexity index is 132. The van der Waals surface area contributed by atoms with Crippen molar-refractivity contribution in [3.63, 3.8) is 0 Å². The highest BCUT2D eigenvalue weighted by Gasteiger charge is 2.21. The van der Waals surface area contributed by atoms with Crippen molar-refractivity contribution in [2.24, 2.45) is 5.92 Å². The minimum Gasteiger partial charge on any atom is -0.309 e. The fraction of sp³-hybridized carbons (Fsp3) is 1.00. The van der Waals surface area contributed by atoms with E-state index in [9.17, 15) is 0 Å². The Labute approximate surface area is 90.3 Å². The molecule has 0 saturated heterocycles. The number of hydrogen-bond donors (Lipinski definition) is 0. The zero-order valence-corrected chi connectivity index (χ0v) is 10.9. The van der Waals surface area contributed by atoms with E-state index < -0.39 is 0 Å². The molecular weight excluding hydrogens is 172 g/mol. The third kappa shape index (κ3) is 4.97. The first kappa shape index (κ1) is 13.9. The summed E-state index contributed by atoms with van der Waals surface area (Å²) in [6.07, 6.45) is 3.88. The summed E-state index contributed by atoms with van der Waals surface area (Å²) in [5, 5.41) is 0. The van der Waals surface area contributed by atoms with E-state index in [-0.39, 0.29) is 0 Å². The van der Waals surface area contributed by atoms with E-state index in [4.69, 9.17) is 0 Å². The van der Waals surface area contributed by atoms with Gasteiger partial charge in [-0.3, -0.25) is 0 Å². The van der Waals surface area contributed by atoms with Gasteiger partial charge in [-0.15, -0.1) is 0 Å². The topological polar surface area (TPSA) is 6.48 Å². The molecule has 2 atom stereocenters. The maximum Gasteiger partial charge on any atom is 0.0129 e. The molecule has 0 aliphatic heterocycles. The van der Waals surface area contributed by atoms with Crippen molar-refractivity contribution in [1.29, 1.82) is 0 Å². The van der Waals surface area contributed by atoms with Crippen molar-refractivity contribution in [2.75, 3.05) is 34.7 Å². The van der Waals surface area contributed by atoms with Gasteiger partial charge in [-0.25, -0.2) is 0 Å². The number of rotatable bonds is 7. The molecule has 0 rings (SSSR count). The Balaban J connectivity index is 4.25. The van der Waals surface area contributed by atoms with Crippen LogP contribution in [0.25, 0.3) is 0 Å². The van der Waals surface area contributed by atoms with Crippen LogP contribution < -0.4 is 0 Å².